The molecule has 2 aromatic rings. The van der Waals surface area contributed by atoms with Gasteiger partial charge in [-0.25, -0.2) is 4.39 Å². The average molecular weight is 248 g/mol. The maximum absolute atomic E-state index is 13.6. The van der Waals surface area contributed by atoms with E-state index in [2.05, 4.69) is 5.32 Å². The smallest absolute Gasteiger partial charge is 0.287 e. The van der Waals surface area contributed by atoms with Crippen molar-refractivity contribution in [2.75, 3.05) is 0 Å². The highest BCUT2D eigenvalue weighted by molar-refractivity contribution is 5.91. The van der Waals surface area contributed by atoms with Gasteiger partial charge in [-0.3, -0.25) is 4.79 Å². The van der Waals surface area contributed by atoms with Crippen LogP contribution in [0.2, 0.25) is 0 Å². The zero-order chi connectivity index (χ0) is 13.0. The summed E-state index contributed by atoms with van der Waals surface area (Å²) in [6, 6.07) is 7.88. The number of hydrogen-bond donors (Lipinski definition) is 2. The molecule has 1 aromatic carbocycles. The summed E-state index contributed by atoms with van der Waals surface area (Å²) in [5, 5.41) is 2.58. The summed E-state index contributed by atoms with van der Waals surface area (Å²) in [5.41, 5.74) is 6.53. The van der Waals surface area contributed by atoms with Crippen molar-refractivity contribution in [3.05, 3.63) is 59.3 Å². The van der Waals surface area contributed by atoms with E-state index in [9.17, 15) is 9.18 Å². The molecule has 2 rings (SSSR count). The topological polar surface area (TPSA) is 68.3 Å². The Balaban J connectivity index is 2.00. The van der Waals surface area contributed by atoms with Crippen molar-refractivity contribution in [3.8, 4) is 0 Å². The van der Waals surface area contributed by atoms with Crippen molar-refractivity contribution in [3.63, 3.8) is 0 Å². The molecule has 0 atom stereocenters. The summed E-state index contributed by atoms with van der Waals surface area (Å²) in [7, 11) is 0. The fourth-order valence-electron chi connectivity index (χ4n) is 1.53. The van der Waals surface area contributed by atoms with Crippen molar-refractivity contribution in [1.82, 2.24) is 5.32 Å². The van der Waals surface area contributed by atoms with Crippen LogP contribution >= 0.6 is 0 Å². The van der Waals surface area contributed by atoms with Crippen molar-refractivity contribution in [1.29, 1.82) is 0 Å². The second-order valence-electron chi connectivity index (χ2n) is 3.79. The first-order valence-corrected chi connectivity index (χ1v) is 5.50. The Morgan fingerprint density at radius 2 is 2.22 bits per heavy atom. The fourth-order valence-corrected chi connectivity index (χ4v) is 1.53. The number of benzene rings is 1. The first-order chi connectivity index (χ1) is 8.70. The number of carbonyl (C=O) groups is 1. The standard InChI is InChI=1S/C13H13FN2O2/c14-11-6-9(7-15)3-4-10(11)8-16-13(17)12-2-1-5-18-12/h1-6H,7-8,15H2,(H,16,17). The predicted octanol–water partition coefficient (Wildman–Crippen LogP) is 1.81. The Morgan fingerprint density at radius 3 is 2.83 bits per heavy atom. The monoisotopic (exact) mass is 248 g/mol. The van der Waals surface area contributed by atoms with E-state index in [1.54, 1.807) is 24.3 Å². The van der Waals surface area contributed by atoms with Crippen LogP contribution in [0.3, 0.4) is 0 Å². The Morgan fingerprint density at radius 1 is 1.39 bits per heavy atom. The number of rotatable bonds is 4. The molecule has 0 saturated heterocycles. The molecule has 0 fully saturated rings. The van der Waals surface area contributed by atoms with Gasteiger partial charge in [-0.15, -0.1) is 0 Å². The minimum Gasteiger partial charge on any atom is -0.459 e. The third-order valence-electron chi connectivity index (χ3n) is 2.54. The van der Waals surface area contributed by atoms with E-state index in [1.807, 2.05) is 0 Å². The normalized spacial score (nSPS) is 10.3. The van der Waals surface area contributed by atoms with Gasteiger partial charge in [0.05, 0.1) is 6.26 Å². The molecule has 1 heterocycles. The molecule has 5 heteroatoms. The summed E-state index contributed by atoms with van der Waals surface area (Å²) in [4.78, 5) is 11.6. The molecule has 0 aliphatic carbocycles. The lowest BCUT2D eigenvalue weighted by Crippen LogP contribution is -2.22. The number of nitrogens with two attached hydrogens (primary N) is 1. The molecule has 0 unspecified atom stereocenters. The lowest BCUT2D eigenvalue weighted by atomic mass is 10.1. The van der Waals surface area contributed by atoms with Gasteiger partial charge in [-0.1, -0.05) is 12.1 Å². The van der Waals surface area contributed by atoms with Crippen LogP contribution in [0.4, 0.5) is 4.39 Å². The average Bonchev–Trinajstić information content (AvgIpc) is 2.90. The molecule has 3 N–H and O–H groups in total. The molecule has 4 nitrogen and oxygen atoms in total. The Kier molecular flexibility index (Phi) is 3.74. The van der Waals surface area contributed by atoms with Gasteiger partial charge in [0, 0.05) is 18.7 Å². The Bertz CT molecular complexity index is 538. The maximum atomic E-state index is 13.6. The zero-order valence-electron chi connectivity index (χ0n) is 9.65. The summed E-state index contributed by atoms with van der Waals surface area (Å²) >= 11 is 0. The van der Waals surface area contributed by atoms with Gasteiger partial charge >= 0.3 is 0 Å². The number of nitrogens with one attached hydrogen (secondary N) is 1. The van der Waals surface area contributed by atoms with Gasteiger partial charge in [0.1, 0.15) is 5.82 Å². The highest BCUT2D eigenvalue weighted by Gasteiger charge is 2.09. The van der Waals surface area contributed by atoms with E-state index in [1.165, 1.54) is 12.3 Å². The Labute approximate surface area is 104 Å². The summed E-state index contributed by atoms with van der Waals surface area (Å²) in [5.74, 6) is -0.547. The number of carbonyl (C=O) groups excluding carboxylic acids is 1. The van der Waals surface area contributed by atoms with Gasteiger partial charge in [-0.2, -0.15) is 0 Å². The molecule has 0 aliphatic heterocycles. The summed E-state index contributed by atoms with van der Waals surface area (Å²) in [6.07, 6.45) is 1.41. The van der Waals surface area contributed by atoms with E-state index in [-0.39, 0.29) is 30.6 Å². The van der Waals surface area contributed by atoms with Crippen LogP contribution in [-0.2, 0) is 13.1 Å². The van der Waals surface area contributed by atoms with Gasteiger partial charge < -0.3 is 15.5 Å². The minimum absolute atomic E-state index is 0.107. The molecular formula is C13H13FN2O2. The van der Waals surface area contributed by atoms with Crippen LogP contribution in [0.1, 0.15) is 21.7 Å². The first-order valence-electron chi connectivity index (χ1n) is 5.50. The Hall–Kier alpha value is -2.14. The minimum atomic E-state index is -0.377. The fraction of sp³-hybridized carbons (Fsp3) is 0.154. The van der Waals surface area contributed by atoms with Crippen LogP contribution in [0.5, 0.6) is 0 Å². The molecule has 1 aromatic heterocycles. The maximum Gasteiger partial charge on any atom is 0.287 e. The van der Waals surface area contributed by atoms with Crippen LogP contribution in [0.15, 0.2) is 41.0 Å². The van der Waals surface area contributed by atoms with Crippen molar-refractivity contribution in [2.45, 2.75) is 13.1 Å². The molecule has 1 amide bonds. The van der Waals surface area contributed by atoms with Crippen molar-refractivity contribution < 1.29 is 13.6 Å². The largest absolute Gasteiger partial charge is 0.459 e. The lowest BCUT2D eigenvalue weighted by Gasteiger charge is -2.06. The predicted molar refractivity (Wildman–Crippen MR) is 64.2 cm³/mol. The summed E-state index contributed by atoms with van der Waals surface area (Å²) in [6.45, 7) is 0.395. The zero-order valence-corrected chi connectivity index (χ0v) is 9.65. The molecule has 0 aliphatic rings. The highest BCUT2D eigenvalue weighted by Crippen LogP contribution is 2.10. The second kappa shape index (κ2) is 5.46. The number of halogens is 1. The van der Waals surface area contributed by atoms with Crippen LogP contribution in [-0.4, -0.2) is 5.91 Å². The van der Waals surface area contributed by atoms with E-state index in [0.717, 1.165) is 0 Å². The van der Waals surface area contributed by atoms with Gasteiger partial charge in [0.15, 0.2) is 5.76 Å². The SMILES string of the molecule is NCc1ccc(CNC(=O)c2ccco2)c(F)c1. The third kappa shape index (κ3) is 2.75. The van der Waals surface area contributed by atoms with Gasteiger partial charge in [0.2, 0.25) is 0 Å². The highest BCUT2D eigenvalue weighted by atomic mass is 19.1. The lowest BCUT2D eigenvalue weighted by molar-refractivity contribution is 0.0923. The van der Waals surface area contributed by atoms with E-state index in [0.29, 0.717) is 11.1 Å². The second-order valence-corrected chi connectivity index (χ2v) is 3.79. The summed E-state index contributed by atoms with van der Waals surface area (Å²) < 4.78 is 18.5. The number of furan rings is 1. The van der Waals surface area contributed by atoms with E-state index in [4.69, 9.17) is 10.2 Å². The number of hydrogen-bond acceptors (Lipinski definition) is 3. The molecule has 94 valence electrons. The quantitative estimate of drug-likeness (QED) is 0.867. The molecule has 0 saturated carbocycles. The third-order valence-corrected chi connectivity index (χ3v) is 2.54. The molecule has 0 bridgehead atoms. The molecule has 18 heavy (non-hydrogen) atoms. The molecule has 0 radical (unpaired) electrons. The first kappa shape index (κ1) is 12.3. The molecular weight excluding hydrogens is 235 g/mol. The van der Waals surface area contributed by atoms with Gasteiger partial charge in [-0.05, 0) is 23.8 Å². The van der Waals surface area contributed by atoms with Gasteiger partial charge in [0.25, 0.3) is 5.91 Å². The van der Waals surface area contributed by atoms with Crippen molar-refractivity contribution >= 4 is 5.91 Å². The van der Waals surface area contributed by atoms with E-state index >= 15 is 0 Å². The van der Waals surface area contributed by atoms with Crippen LogP contribution < -0.4 is 11.1 Å². The van der Waals surface area contributed by atoms with Crippen molar-refractivity contribution in [2.24, 2.45) is 5.73 Å². The van der Waals surface area contributed by atoms with Crippen LogP contribution in [0, 0.1) is 5.82 Å². The van der Waals surface area contributed by atoms with Crippen LogP contribution in [0.25, 0.3) is 0 Å². The molecule has 0 spiro atoms. The number of amides is 1. The van der Waals surface area contributed by atoms with E-state index < -0.39 is 0 Å².